The number of nitro benzene ring substituents is 1. The molecular formula is C13H13N3O4. The third-order valence-corrected chi connectivity index (χ3v) is 2.42. The number of carbonyl (C=O) groups is 2. The summed E-state index contributed by atoms with van der Waals surface area (Å²) in [5.74, 6) is 1.24. The molecule has 0 heterocycles. The molecule has 0 spiro atoms. The molecule has 1 unspecified atom stereocenters. The van der Waals surface area contributed by atoms with Gasteiger partial charge in [-0.3, -0.25) is 19.7 Å². The number of amides is 2. The molecule has 0 radical (unpaired) electrons. The van der Waals surface area contributed by atoms with Gasteiger partial charge in [0, 0.05) is 17.7 Å². The van der Waals surface area contributed by atoms with Crippen molar-refractivity contribution < 1.29 is 14.5 Å². The van der Waals surface area contributed by atoms with Crippen molar-refractivity contribution in [2.45, 2.75) is 13.0 Å². The summed E-state index contributed by atoms with van der Waals surface area (Å²) in [7, 11) is 0. The van der Waals surface area contributed by atoms with Gasteiger partial charge in [-0.15, -0.1) is 6.42 Å². The number of benzene rings is 1. The molecular weight excluding hydrogens is 262 g/mol. The standard InChI is InChI=1S/C13H13N3O4/c1-3-7-14-12(17)9(2)15-13(18)10-5-4-6-11(8-10)16(19)20/h1,4-6,8-9H,7H2,2H3,(H,14,17)(H,15,18). The van der Waals surface area contributed by atoms with Gasteiger partial charge in [-0.1, -0.05) is 12.0 Å². The minimum atomic E-state index is -0.796. The zero-order chi connectivity index (χ0) is 15.1. The summed E-state index contributed by atoms with van der Waals surface area (Å²) < 4.78 is 0. The fraction of sp³-hybridized carbons (Fsp3) is 0.231. The number of nitro groups is 1. The van der Waals surface area contributed by atoms with Crippen LogP contribution >= 0.6 is 0 Å². The van der Waals surface area contributed by atoms with Gasteiger partial charge in [0.2, 0.25) is 5.91 Å². The number of terminal acetylenes is 1. The first-order valence-electron chi connectivity index (χ1n) is 5.72. The number of hydrogen-bond acceptors (Lipinski definition) is 4. The molecule has 1 aromatic carbocycles. The van der Waals surface area contributed by atoms with Crippen LogP contribution in [0.3, 0.4) is 0 Å². The minimum Gasteiger partial charge on any atom is -0.343 e. The third-order valence-electron chi connectivity index (χ3n) is 2.42. The molecule has 0 aliphatic carbocycles. The first-order valence-corrected chi connectivity index (χ1v) is 5.72. The lowest BCUT2D eigenvalue weighted by molar-refractivity contribution is -0.384. The van der Waals surface area contributed by atoms with Crippen molar-refractivity contribution >= 4 is 17.5 Å². The largest absolute Gasteiger partial charge is 0.343 e. The Hall–Kier alpha value is -2.88. The van der Waals surface area contributed by atoms with Crippen LogP contribution in [-0.2, 0) is 4.79 Å². The van der Waals surface area contributed by atoms with Crippen LogP contribution in [0.4, 0.5) is 5.69 Å². The van der Waals surface area contributed by atoms with Crippen molar-refractivity contribution in [3.8, 4) is 12.3 Å². The summed E-state index contributed by atoms with van der Waals surface area (Å²) >= 11 is 0. The summed E-state index contributed by atoms with van der Waals surface area (Å²) in [6.07, 6.45) is 5.00. The van der Waals surface area contributed by atoms with Gasteiger partial charge in [-0.05, 0) is 13.0 Å². The van der Waals surface area contributed by atoms with Gasteiger partial charge >= 0.3 is 0 Å². The monoisotopic (exact) mass is 275 g/mol. The summed E-state index contributed by atoms with van der Waals surface area (Å²) in [5.41, 5.74) is -0.0853. The Balaban J connectivity index is 2.71. The molecule has 1 atom stereocenters. The van der Waals surface area contributed by atoms with Crippen molar-refractivity contribution in [2.75, 3.05) is 6.54 Å². The lowest BCUT2D eigenvalue weighted by Gasteiger charge is -2.12. The van der Waals surface area contributed by atoms with Crippen molar-refractivity contribution in [3.63, 3.8) is 0 Å². The molecule has 0 aliphatic rings. The first-order chi connectivity index (χ1) is 9.45. The maximum atomic E-state index is 11.9. The first kappa shape index (κ1) is 15.2. The van der Waals surface area contributed by atoms with E-state index in [1.165, 1.54) is 25.1 Å². The minimum absolute atomic E-state index is 0.0653. The van der Waals surface area contributed by atoms with Gasteiger partial charge in [0.05, 0.1) is 11.5 Å². The molecule has 7 heteroatoms. The highest BCUT2D eigenvalue weighted by Crippen LogP contribution is 2.12. The predicted molar refractivity (Wildman–Crippen MR) is 71.9 cm³/mol. The van der Waals surface area contributed by atoms with Gasteiger partial charge < -0.3 is 10.6 Å². The molecule has 0 saturated carbocycles. The molecule has 1 aromatic rings. The van der Waals surface area contributed by atoms with Crippen molar-refractivity contribution in [1.29, 1.82) is 0 Å². The molecule has 0 aromatic heterocycles. The molecule has 1 rings (SSSR count). The molecule has 0 aliphatic heterocycles. The van der Waals surface area contributed by atoms with Crippen molar-refractivity contribution in [3.05, 3.63) is 39.9 Å². The number of hydrogen-bond donors (Lipinski definition) is 2. The number of carbonyl (C=O) groups excluding carboxylic acids is 2. The number of nitrogens with zero attached hydrogens (tertiary/aromatic N) is 1. The maximum absolute atomic E-state index is 11.9. The van der Waals surface area contributed by atoms with Crippen LogP contribution in [0.1, 0.15) is 17.3 Å². The second kappa shape index (κ2) is 6.89. The molecule has 0 saturated heterocycles. The predicted octanol–water partition coefficient (Wildman–Crippen LogP) is 0.462. The lowest BCUT2D eigenvalue weighted by Crippen LogP contribution is -2.44. The highest BCUT2D eigenvalue weighted by molar-refractivity contribution is 5.97. The Kier molecular flexibility index (Phi) is 5.23. The zero-order valence-corrected chi connectivity index (χ0v) is 10.8. The fourth-order valence-electron chi connectivity index (χ4n) is 1.40. The van der Waals surface area contributed by atoms with Gasteiger partial charge in [-0.25, -0.2) is 0 Å². The van der Waals surface area contributed by atoms with Gasteiger partial charge in [-0.2, -0.15) is 0 Å². The Morgan fingerprint density at radius 1 is 1.50 bits per heavy atom. The highest BCUT2D eigenvalue weighted by Gasteiger charge is 2.17. The van der Waals surface area contributed by atoms with E-state index in [0.29, 0.717) is 0 Å². The van der Waals surface area contributed by atoms with E-state index < -0.39 is 22.8 Å². The lowest BCUT2D eigenvalue weighted by atomic mass is 10.1. The summed E-state index contributed by atoms with van der Waals surface area (Å²) in [6.45, 7) is 1.55. The van der Waals surface area contributed by atoms with Crippen molar-refractivity contribution in [1.82, 2.24) is 10.6 Å². The summed E-state index contributed by atoms with van der Waals surface area (Å²) in [4.78, 5) is 33.4. The van der Waals surface area contributed by atoms with Gasteiger partial charge in [0.25, 0.3) is 11.6 Å². The summed E-state index contributed by atoms with van der Waals surface area (Å²) in [6, 6.07) is 4.45. The molecule has 2 N–H and O–H groups in total. The Morgan fingerprint density at radius 2 is 2.20 bits per heavy atom. The van der Waals surface area contributed by atoms with Crippen LogP contribution in [0.2, 0.25) is 0 Å². The average molecular weight is 275 g/mol. The molecule has 0 fully saturated rings. The average Bonchev–Trinajstić information content (AvgIpc) is 2.44. The second-order valence-corrected chi connectivity index (χ2v) is 3.92. The zero-order valence-electron chi connectivity index (χ0n) is 10.8. The number of nitrogens with one attached hydrogen (secondary N) is 2. The van der Waals surface area contributed by atoms with Crippen LogP contribution in [0.15, 0.2) is 24.3 Å². The Bertz CT molecular complexity index is 577. The van der Waals surface area contributed by atoms with E-state index in [1.54, 1.807) is 0 Å². The van der Waals surface area contributed by atoms with E-state index >= 15 is 0 Å². The maximum Gasteiger partial charge on any atom is 0.270 e. The topological polar surface area (TPSA) is 101 Å². The van der Waals surface area contributed by atoms with E-state index in [2.05, 4.69) is 16.6 Å². The highest BCUT2D eigenvalue weighted by atomic mass is 16.6. The molecule has 2 amide bonds. The van der Waals surface area contributed by atoms with E-state index in [9.17, 15) is 19.7 Å². The normalized spacial score (nSPS) is 11.0. The van der Waals surface area contributed by atoms with E-state index in [1.807, 2.05) is 0 Å². The van der Waals surface area contributed by atoms with E-state index in [-0.39, 0.29) is 17.8 Å². The van der Waals surface area contributed by atoms with Crippen LogP contribution < -0.4 is 10.6 Å². The van der Waals surface area contributed by atoms with Crippen molar-refractivity contribution in [2.24, 2.45) is 0 Å². The number of non-ortho nitro benzene ring substituents is 1. The summed E-state index contributed by atoms with van der Waals surface area (Å²) in [5, 5.41) is 15.5. The smallest absolute Gasteiger partial charge is 0.270 e. The Morgan fingerprint density at radius 3 is 2.80 bits per heavy atom. The van der Waals surface area contributed by atoms with Crippen LogP contribution in [0, 0.1) is 22.5 Å². The second-order valence-electron chi connectivity index (χ2n) is 3.92. The van der Waals surface area contributed by atoms with Gasteiger partial charge in [0.15, 0.2) is 0 Å². The van der Waals surface area contributed by atoms with Crippen LogP contribution in [0.25, 0.3) is 0 Å². The van der Waals surface area contributed by atoms with Crippen LogP contribution in [0.5, 0.6) is 0 Å². The van der Waals surface area contributed by atoms with E-state index in [0.717, 1.165) is 6.07 Å². The quantitative estimate of drug-likeness (QED) is 0.463. The van der Waals surface area contributed by atoms with Crippen LogP contribution in [-0.4, -0.2) is 29.3 Å². The molecule has 104 valence electrons. The van der Waals surface area contributed by atoms with Gasteiger partial charge in [0.1, 0.15) is 6.04 Å². The third kappa shape index (κ3) is 4.10. The molecule has 20 heavy (non-hydrogen) atoms. The Labute approximate surface area is 115 Å². The molecule has 0 bridgehead atoms. The SMILES string of the molecule is C#CCNC(=O)C(C)NC(=O)c1cccc([N+](=O)[O-])c1. The fourth-order valence-corrected chi connectivity index (χ4v) is 1.40. The molecule has 7 nitrogen and oxygen atoms in total. The van der Waals surface area contributed by atoms with E-state index in [4.69, 9.17) is 6.42 Å². The number of rotatable bonds is 5.